The second-order valence-electron chi connectivity index (χ2n) is 3.40. The molecule has 0 aromatic heterocycles. The summed E-state index contributed by atoms with van der Waals surface area (Å²) >= 11 is 5.83. The van der Waals surface area contributed by atoms with Gasteiger partial charge in [0.2, 0.25) is 10.0 Å². The third kappa shape index (κ3) is 4.03. The fourth-order valence-corrected chi connectivity index (χ4v) is 2.74. The van der Waals surface area contributed by atoms with Gasteiger partial charge in [0, 0.05) is 18.1 Å². The summed E-state index contributed by atoms with van der Waals surface area (Å²) in [6.07, 6.45) is 1.17. The van der Waals surface area contributed by atoms with Crippen LogP contribution in [0.3, 0.4) is 0 Å². The predicted molar refractivity (Wildman–Crippen MR) is 74.5 cm³/mol. The Bertz CT molecular complexity index is 477. The van der Waals surface area contributed by atoms with Gasteiger partial charge in [-0.15, -0.1) is 12.4 Å². The number of sulfonamides is 1. The Labute approximate surface area is 113 Å². The van der Waals surface area contributed by atoms with E-state index in [1.807, 2.05) is 0 Å². The maximum Gasteiger partial charge on any atom is 0.232 e. The first-order valence-electron chi connectivity index (χ1n) is 4.86. The molecule has 0 spiro atoms. The van der Waals surface area contributed by atoms with Gasteiger partial charge >= 0.3 is 0 Å². The second-order valence-corrected chi connectivity index (χ2v) is 5.75. The molecule has 2 N–H and O–H groups in total. The summed E-state index contributed by atoms with van der Waals surface area (Å²) in [7, 11) is -3.28. The van der Waals surface area contributed by atoms with Gasteiger partial charge in [0.05, 0.1) is 11.9 Å². The highest BCUT2D eigenvalue weighted by Crippen LogP contribution is 2.25. The third-order valence-corrected chi connectivity index (χ3v) is 3.71. The van der Waals surface area contributed by atoms with Gasteiger partial charge in [-0.25, -0.2) is 8.42 Å². The molecule has 0 unspecified atom stereocenters. The maximum absolute atomic E-state index is 11.6. The Morgan fingerprint density at radius 1 is 1.41 bits per heavy atom. The van der Waals surface area contributed by atoms with E-state index in [9.17, 15) is 8.42 Å². The summed E-state index contributed by atoms with van der Waals surface area (Å²) in [5.41, 5.74) is 6.89. The average molecular weight is 299 g/mol. The number of anilines is 1. The molecule has 17 heavy (non-hydrogen) atoms. The molecule has 0 fully saturated rings. The zero-order chi connectivity index (χ0) is 12.3. The van der Waals surface area contributed by atoms with E-state index in [-0.39, 0.29) is 19.0 Å². The fourth-order valence-electron chi connectivity index (χ4n) is 1.54. The molecule has 0 heterocycles. The quantitative estimate of drug-likeness (QED) is 0.925. The summed E-state index contributed by atoms with van der Waals surface area (Å²) in [6.45, 7) is 2.39. The van der Waals surface area contributed by atoms with Crippen molar-refractivity contribution in [2.75, 3.05) is 17.1 Å². The van der Waals surface area contributed by atoms with Gasteiger partial charge in [-0.05, 0) is 30.7 Å². The van der Waals surface area contributed by atoms with Crippen LogP contribution in [0.4, 0.5) is 5.69 Å². The lowest BCUT2D eigenvalue weighted by Gasteiger charge is -2.23. The van der Waals surface area contributed by atoms with Gasteiger partial charge < -0.3 is 5.73 Å². The minimum Gasteiger partial charge on any atom is -0.326 e. The van der Waals surface area contributed by atoms with Crippen molar-refractivity contribution in [2.24, 2.45) is 5.73 Å². The molecule has 0 aliphatic heterocycles. The zero-order valence-corrected chi connectivity index (χ0v) is 12.1. The van der Waals surface area contributed by atoms with Crippen LogP contribution in [0.25, 0.3) is 0 Å². The van der Waals surface area contributed by atoms with Crippen molar-refractivity contribution in [1.29, 1.82) is 0 Å². The van der Waals surface area contributed by atoms with Crippen molar-refractivity contribution >= 4 is 39.7 Å². The molecule has 0 radical (unpaired) electrons. The first-order valence-corrected chi connectivity index (χ1v) is 7.09. The van der Waals surface area contributed by atoms with E-state index in [4.69, 9.17) is 17.3 Å². The van der Waals surface area contributed by atoms with Crippen molar-refractivity contribution < 1.29 is 8.42 Å². The second kappa shape index (κ2) is 6.44. The van der Waals surface area contributed by atoms with Gasteiger partial charge in [-0.3, -0.25) is 4.31 Å². The van der Waals surface area contributed by atoms with Gasteiger partial charge in [-0.1, -0.05) is 11.6 Å². The molecule has 0 bridgehead atoms. The van der Waals surface area contributed by atoms with E-state index in [2.05, 4.69) is 0 Å². The molecule has 0 aliphatic rings. The topological polar surface area (TPSA) is 63.4 Å². The van der Waals surface area contributed by atoms with Gasteiger partial charge in [-0.2, -0.15) is 0 Å². The van der Waals surface area contributed by atoms with Crippen LogP contribution in [0, 0.1) is 0 Å². The van der Waals surface area contributed by atoms with Crippen LogP contribution in [0.2, 0.25) is 5.02 Å². The molecule has 0 saturated carbocycles. The number of hydrogen-bond donors (Lipinski definition) is 1. The molecule has 98 valence electrons. The molecular weight excluding hydrogens is 283 g/mol. The molecule has 1 aromatic carbocycles. The molecule has 0 atom stereocenters. The smallest absolute Gasteiger partial charge is 0.232 e. The van der Waals surface area contributed by atoms with Crippen molar-refractivity contribution in [1.82, 2.24) is 0 Å². The van der Waals surface area contributed by atoms with Crippen molar-refractivity contribution in [3.05, 3.63) is 28.8 Å². The Morgan fingerprint density at radius 3 is 2.41 bits per heavy atom. The minimum atomic E-state index is -3.28. The van der Waals surface area contributed by atoms with Crippen LogP contribution in [0.1, 0.15) is 12.5 Å². The molecular formula is C10H16Cl2N2O2S. The molecule has 0 aliphatic carbocycles. The third-order valence-electron chi connectivity index (χ3n) is 2.22. The molecule has 1 rings (SSSR count). The van der Waals surface area contributed by atoms with Gasteiger partial charge in [0.1, 0.15) is 0 Å². The van der Waals surface area contributed by atoms with Gasteiger partial charge in [0.15, 0.2) is 0 Å². The van der Waals surface area contributed by atoms with Crippen LogP contribution in [-0.4, -0.2) is 21.2 Å². The number of rotatable bonds is 4. The fraction of sp³-hybridized carbons (Fsp3) is 0.400. The van der Waals surface area contributed by atoms with Crippen molar-refractivity contribution in [3.63, 3.8) is 0 Å². The molecule has 1 aromatic rings. The Morgan fingerprint density at radius 2 is 2.00 bits per heavy atom. The first-order chi connectivity index (χ1) is 7.40. The summed E-state index contributed by atoms with van der Waals surface area (Å²) in [6, 6.07) is 5.02. The molecule has 4 nitrogen and oxygen atoms in total. The number of halogens is 2. The molecule has 7 heteroatoms. The number of nitrogens with two attached hydrogens (primary N) is 1. The van der Waals surface area contributed by atoms with Gasteiger partial charge in [0.25, 0.3) is 0 Å². The lowest BCUT2D eigenvalue weighted by Crippen LogP contribution is -2.30. The van der Waals surface area contributed by atoms with E-state index < -0.39 is 10.0 Å². The van der Waals surface area contributed by atoms with E-state index >= 15 is 0 Å². The monoisotopic (exact) mass is 298 g/mol. The van der Waals surface area contributed by atoms with Crippen LogP contribution < -0.4 is 10.0 Å². The van der Waals surface area contributed by atoms with Crippen LogP contribution in [0.5, 0.6) is 0 Å². The average Bonchev–Trinajstić information content (AvgIpc) is 2.19. The summed E-state index contributed by atoms with van der Waals surface area (Å²) in [4.78, 5) is 0. The summed E-state index contributed by atoms with van der Waals surface area (Å²) in [5, 5.41) is 0.550. The SMILES string of the molecule is CCN(c1ccc(Cl)cc1CN)S(C)(=O)=O.Cl. The summed E-state index contributed by atoms with van der Waals surface area (Å²) < 4.78 is 24.4. The van der Waals surface area contributed by atoms with Crippen molar-refractivity contribution in [3.8, 4) is 0 Å². The lowest BCUT2D eigenvalue weighted by molar-refractivity contribution is 0.597. The summed E-state index contributed by atoms with van der Waals surface area (Å²) in [5.74, 6) is 0. The predicted octanol–water partition coefficient (Wildman–Crippen LogP) is 2.01. The number of nitrogens with zero attached hydrogens (tertiary/aromatic N) is 1. The number of hydrogen-bond acceptors (Lipinski definition) is 3. The Balaban J connectivity index is 0.00000256. The molecule has 0 saturated heterocycles. The standard InChI is InChI=1S/C10H15ClN2O2S.ClH/c1-3-13(16(2,14)15)10-5-4-9(11)6-8(10)7-12;/h4-6H,3,7,12H2,1-2H3;1H. The van der Waals surface area contributed by atoms with E-state index in [0.717, 1.165) is 5.56 Å². The van der Waals surface area contributed by atoms with Crippen molar-refractivity contribution in [2.45, 2.75) is 13.5 Å². The number of benzene rings is 1. The van der Waals surface area contributed by atoms with Crippen LogP contribution in [-0.2, 0) is 16.6 Å². The highest BCUT2D eigenvalue weighted by atomic mass is 35.5. The molecule has 0 amide bonds. The van der Waals surface area contributed by atoms with E-state index in [1.165, 1.54) is 10.6 Å². The highest BCUT2D eigenvalue weighted by Gasteiger charge is 2.17. The van der Waals surface area contributed by atoms with Crippen LogP contribution in [0.15, 0.2) is 18.2 Å². The first kappa shape index (κ1) is 16.5. The lowest BCUT2D eigenvalue weighted by atomic mass is 10.2. The van der Waals surface area contributed by atoms with Crippen LogP contribution >= 0.6 is 24.0 Å². The zero-order valence-electron chi connectivity index (χ0n) is 9.68. The van der Waals surface area contributed by atoms with E-state index in [0.29, 0.717) is 17.3 Å². The minimum absolute atomic E-state index is 0. The Kier molecular flexibility index (Phi) is 6.26. The maximum atomic E-state index is 11.6. The Hall–Kier alpha value is -0.490. The van der Waals surface area contributed by atoms with E-state index in [1.54, 1.807) is 25.1 Å². The highest BCUT2D eigenvalue weighted by molar-refractivity contribution is 7.92. The normalized spacial score (nSPS) is 10.8. The largest absolute Gasteiger partial charge is 0.326 e.